The number of aromatic nitrogens is 1. The van der Waals surface area contributed by atoms with Crippen LogP contribution in [0.1, 0.15) is 26.5 Å². The second-order valence-electron chi connectivity index (χ2n) is 6.01. The van der Waals surface area contributed by atoms with Gasteiger partial charge in [0.15, 0.2) is 6.54 Å². The molecule has 2 amide bonds. The lowest BCUT2D eigenvalue weighted by atomic mass is 9.92. The fourth-order valence-electron chi connectivity index (χ4n) is 2.05. The molecule has 0 radical (unpaired) electrons. The predicted octanol–water partition coefficient (Wildman–Crippen LogP) is 2.04. The summed E-state index contributed by atoms with van der Waals surface area (Å²) < 4.78 is 9.09. The fourth-order valence-corrected chi connectivity index (χ4v) is 2.05. The smallest absolute Gasteiger partial charge is 0.434 e. The van der Waals surface area contributed by atoms with E-state index in [1.54, 1.807) is 13.1 Å². The lowest BCUT2D eigenvalue weighted by molar-refractivity contribution is -0.0801. The molecule has 21 heavy (non-hydrogen) atoms. The average Bonchev–Trinajstić information content (AvgIpc) is 3.00. The molecule has 1 atom stereocenters. The normalized spacial score (nSPS) is 22.5. The zero-order valence-corrected chi connectivity index (χ0v) is 12.9. The van der Waals surface area contributed by atoms with Crippen LogP contribution in [0, 0.1) is 0 Å². The minimum Gasteiger partial charge on any atom is -0.434 e. The lowest BCUT2D eigenvalue weighted by Crippen LogP contribution is -2.53. The summed E-state index contributed by atoms with van der Waals surface area (Å²) in [6.07, 6.45) is -0.952. The van der Waals surface area contributed by atoms with Gasteiger partial charge >= 0.3 is 18.1 Å². The zero-order chi connectivity index (χ0) is 15.8. The highest BCUT2D eigenvalue weighted by Crippen LogP contribution is 2.33. The molecule has 2 heterocycles. The molecule has 1 fully saturated rings. The van der Waals surface area contributed by atoms with E-state index in [0.717, 1.165) is 0 Å². The van der Waals surface area contributed by atoms with Gasteiger partial charge < -0.3 is 4.74 Å². The minimum absolute atomic E-state index is 0.166. The largest absolute Gasteiger partial charge is 0.560 e. The van der Waals surface area contributed by atoms with Gasteiger partial charge in [-0.25, -0.2) is 9.63 Å². The monoisotopic (exact) mass is 298 g/mol. The molecule has 8 nitrogen and oxygen atoms in total. The van der Waals surface area contributed by atoms with Gasteiger partial charge in [-0.05, 0) is 0 Å². The predicted molar refractivity (Wildman–Crippen MR) is 73.4 cm³/mol. The number of urea groups is 1. The first-order valence-corrected chi connectivity index (χ1v) is 6.60. The Labute approximate surface area is 122 Å². The van der Waals surface area contributed by atoms with Crippen molar-refractivity contribution in [1.82, 2.24) is 14.7 Å². The van der Waals surface area contributed by atoms with Crippen molar-refractivity contribution in [3.63, 3.8) is 0 Å². The van der Waals surface area contributed by atoms with Gasteiger partial charge in [0, 0.05) is 17.1 Å². The molecule has 1 unspecified atom stereocenters. The highest BCUT2D eigenvalue weighted by Gasteiger charge is 2.56. The Hall–Kier alpha value is -2.09. The number of methoxy groups -OCH3 is 1. The van der Waals surface area contributed by atoms with Gasteiger partial charge in [0.2, 0.25) is 0 Å². The van der Waals surface area contributed by atoms with Crippen molar-refractivity contribution in [1.29, 1.82) is 0 Å². The fraction of sp³-hybridized carbons (Fsp3) is 0.615. The Bertz CT molecular complexity index is 562. The summed E-state index contributed by atoms with van der Waals surface area (Å²) in [5.74, 6) is 0.166. The van der Waals surface area contributed by atoms with Gasteiger partial charge in [-0.3, -0.25) is 9.42 Å². The third kappa shape index (κ3) is 2.58. The summed E-state index contributed by atoms with van der Waals surface area (Å²) in [5, 5.41) is 3.98. The van der Waals surface area contributed by atoms with E-state index in [9.17, 15) is 9.59 Å². The molecule has 1 aliphatic rings. The molecular weight excluding hydrogens is 278 g/mol. The highest BCUT2D eigenvalue weighted by molar-refractivity contribution is 5.87. The molecular formula is C13H20N3O5+. The molecule has 8 heteroatoms. The Morgan fingerprint density at radius 2 is 2.14 bits per heavy atom. The van der Waals surface area contributed by atoms with Crippen molar-refractivity contribution in [2.45, 2.75) is 26.2 Å². The lowest BCUT2D eigenvalue weighted by Gasteiger charge is -2.21. The molecule has 0 N–H and O–H groups in total. The summed E-state index contributed by atoms with van der Waals surface area (Å²) in [5.41, 5.74) is 0.428. The molecule has 116 valence electrons. The highest BCUT2D eigenvalue weighted by atomic mass is 16.9. The van der Waals surface area contributed by atoms with Gasteiger partial charge in [0.05, 0.1) is 25.4 Å². The first-order chi connectivity index (χ1) is 9.70. The first kappa shape index (κ1) is 15.3. The van der Waals surface area contributed by atoms with E-state index in [2.05, 4.69) is 9.89 Å². The molecule has 0 aromatic carbocycles. The molecule has 0 spiro atoms. The maximum absolute atomic E-state index is 12.4. The molecule has 0 aliphatic carbocycles. The van der Waals surface area contributed by atoms with E-state index in [1.807, 2.05) is 20.8 Å². The topological polar surface area (TPSA) is 81.9 Å². The third-order valence-corrected chi connectivity index (χ3v) is 3.41. The van der Waals surface area contributed by atoms with Crippen LogP contribution in [0.4, 0.5) is 15.5 Å². The number of amides is 2. The average molecular weight is 298 g/mol. The van der Waals surface area contributed by atoms with Gasteiger partial charge in [0.25, 0.3) is 0 Å². The summed E-state index contributed by atoms with van der Waals surface area (Å²) >= 11 is 0. The Morgan fingerprint density at radius 1 is 1.48 bits per heavy atom. The second kappa shape index (κ2) is 5.03. The number of carbonyl (C=O) groups excluding carboxylic acids is 2. The van der Waals surface area contributed by atoms with Crippen molar-refractivity contribution < 1.29 is 23.7 Å². The summed E-state index contributed by atoms with van der Waals surface area (Å²) in [7, 11) is 2.81. The molecule has 1 aromatic heterocycles. The van der Waals surface area contributed by atoms with E-state index >= 15 is 0 Å². The maximum Gasteiger partial charge on any atom is 0.560 e. The molecule has 0 saturated carbocycles. The van der Waals surface area contributed by atoms with E-state index < -0.39 is 16.8 Å². The number of rotatable bonds is 2. The van der Waals surface area contributed by atoms with E-state index in [-0.39, 0.29) is 17.8 Å². The van der Waals surface area contributed by atoms with E-state index in [0.29, 0.717) is 12.2 Å². The van der Waals surface area contributed by atoms with Crippen LogP contribution < -0.4 is 4.65 Å². The van der Waals surface area contributed by atoms with Crippen molar-refractivity contribution in [2.75, 3.05) is 27.2 Å². The third-order valence-electron chi connectivity index (χ3n) is 3.41. The molecule has 1 saturated heterocycles. The molecule has 2 rings (SSSR count). The number of nitrogens with zero attached hydrogens (tertiary/aromatic N) is 3. The number of carbonyl (C=O) groups is 2. The molecule has 0 bridgehead atoms. The van der Waals surface area contributed by atoms with Crippen molar-refractivity contribution in [3.8, 4) is 0 Å². The number of hydroxylamine groups is 2. The van der Waals surface area contributed by atoms with Gasteiger partial charge in [0.1, 0.15) is 0 Å². The number of ether oxygens (including phenoxy) is 1. The SMILES string of the molecule is COC(=O)O[N+]1(c2cc(C(C)(C)C)no2)CCN(C)C1=O. The first-order valence-electron chi connectivity index (χ1n) is 6.60. The van der Waals surface area contributed by atoms with Crippen LogP contribution in [0.5, 0.6) is 0 Å². The van der Waals surface area contributed by atoms with Gasteiger partial charge in [-0.1, -0.05) is 25.9 Å². The molecule has 1 aliphatic heterocycles. The number of hydrogen-bond donors (Lipinski definition) is 0. The van der Waals surface area contributed by atoms with Crippen LogP contribution in [0.15, 0.2) is 10.6 Å². The Balaban J connectivity index is 2.44. The van der Waals surface area contributed by atoms with Crippen LogP contribution in [-0.2, 0) is 15.0 Å². The van der Waals surface area contributed by atoms with Crippen molar-refractivity contribution in [3.05, 3.63) is 11.8 Å². The Kier molecular flexibility index (Phi) is 3.66. The Morgan fingerprint density at radius 3 is 2.57 bits per heavy atom. The molecule has 1 aromatic rings. The summed E-state index contributed by atoms with van der Waals surface area (Å²) in [6, 6.07) is 1.23. The second-order valence-corrected chi connectivity index (χ2v) is 6.01. The van der Waals surface area contributed by atoms with Crippen LogP contribution in [0.2, 0.25) is 0 Å². The number of likely N-dealkylation sites (N-methyl/N-ethyl adjacent to an activating group) is 1. The van der Waals surface area contributed by atoms with E-state index in [1.165, 1.54) is 12.0 Å². The van der Waals surface area contributed by atoms with Crippen LogP contribution in [0.3, 0.4) is 0 Å². The van der Waals surface area contributed by atoms with Crippen molar-refractivity contribution >= 4 is 18.1 Å². The maximum atomic E-state index is 12.4. The van der Waals surface area contributed by atoms with E-state index in [4.69, 9.17) is 9.36 Å². The number of quaternary nitrogens is 1. The van der Waals surface area contributed by atoms with Crippen molar-refractivity contribution in [2.24, 2.45) is 0 Å². The summed E-state index contributed by atoms with van der Waals surface area (Å²) in [4.78, 5) is 30.6. The van der Waals surface area contributed by atoms with Crippen LogP contribution in [-0.4, -0.2) is 49.5 Å². The number of hydrogen-bond acceptors (Lipinski definition) is 6. The quantitative estimate of drug-likeness (QED) is 0.614. The van der Waals surface area contributed by atoms with Gasteiger partial charge in [-0.15, -0.1) is 0 Å². The van der Waals surface area contributed by atoms with Gasteiger partial charge in [-0.2, -0.15) is 4.79 Å². The minimum atomic E-state index is -0.952. The summed E-state index contributed by atoms with van der Waals surface area (Å²) in [6.45, 7) is 6.58. The zero-order valence-electron chi connectivity index (χ0n) is 12.9. The standard InChI is InChI=1S/C13H20N3O5/c1-13(2,3)9-8-10(20-14-9)16(21-12(18)19-5)7-6-15(4)11(16)17/h8H,6-7H2,1-5H3/q+1. The van der Waals surface area contributed by atoms with Crippen LogP contribution >= 0.6 is 0 Å². The van der Waals surface area contributed by atoms with Crippen LogP contribution in [0.25, 0.3) is 0 Å².